The van der Waals surface area contributed by atoms with Crippen molar-refractivity contribution in [3.05, 3.63) is 77.4 Å². The maximum atomic E-state index is 13.6. The minimum atomic E-state index is -1.04. The molecule has 1 N–H and O–H groups in total. The van der Waals surface area contributed by atoms with Gasteiger partial charge in [-0.2, -0.15) is 0 Å². The number of thiazole rings is 1. The molecule has 1 aliphatic heterocycles. The molecule has 1 saturated heterocycles. The maximum Gasteiger partial charge on any atom is 0.301 e. The number of hydrogen-bond donors (Lipinski definition) is 1. The van der Waals surface area contributed by atoms with Crippen molar-refractivity contribution in [2.24, 2.45) is 0 Å². The Bertz CT molecular complexity index is 1590. The van der Waals surface area contributed by atoms with E-state index in [1.165, 1.54) is 30.5 Å². The predicted octanol–water partition coefficient (Wildman–Crippen LogP) is 5.35. The number of aliphatic hydroxyl groups excluding tert-OH is 1. The number of aromatic nitrogens is 1. The predicted molar refractivity (Wildman–Crippen MR) is 148 cm³/mol. The molecule has 2 heterocycles. The van der Waals surface area contributed by atoms with Crippen LogP contribution in [0.1, 0.15) is 24.1 Å². The molecule has 9 nitrogen and oxygen atoms in total. The number of Topliss-reactive ketones (excluding diaryl/α,β-unsaturated/α-hetero) is 1. The van der Waals surface area contributed by atoms with E-state index < -0.39 is 17.7 Å². The van der Waals surface area contributed by atoms with Gasteiger partial charge in [0.15, 0.2) is 5.13 Å². The number of fused-ring (bicyclic) bond motifs is 1. The number of rotatable bonds is 8. The third-order valence-electron chi connectivity index (χ3n) is 6.41. The number of aliphatic hydroxyl groups is 1. The minimum absolute atomic E-state index is 0.0902. The molecule has 3 aromatic carbocycles. The van der Waals surface area contributed by atoms with Gasteiger partial charge in [0, 0.05) is 11.1 Å². The summed E-state index contributed by atoms with van der Waals surface area (Å²) in [6, 6.07) is 16.1. The van der Waals surface area contributed by atoms with Crippen LogP contribution in [0, 0.1) is 0 Å². The Morgan fingerprint density at radius 2 is 1.59 bits per heavy atom. The quantitative estimate of drug-likeness (QED) is 0.179. The van der Waals surface area contributed by atoms with E-state index >= 15 is 0 Å². The van der Waals surface area contributed by atoms with Gasteiger partial charge in [-0.25, -0.2) is 4.98 Å². The molecular formula is C29H26N2O7S. The first-order valence-electron chi connectivity index (χ1n) is 12.1. The van der Waals surface area contributed by atoms with Crippen LogP contribution in [0.4, 0.5) is 5.13 Å². The summed E-state index contributed by atoms with van der Waals surface area (Å²) in [5, 5.41) is 11.7. The van der Waals surface area contributed by atoms with Crippen LogP contribution in [0.3, 0.4) is 0 Å². The second kappa shape index (κ2) is 10.7. The largest absolute Gasteiger partial charge is 0.507 e. The van der Waals surface area contributed by atoms with Crippen molar-refractivity contribution in [2.75, 3.05) is 32.8 Å². The van der Waals surface area contributed by atoms with Crippen molar-refractivity contribution < 1.29 is 33.6 Å². The Morgan fingerprint density at radius 1 is 0.923 bits per heavy atom. The molecule has 1 unspecified atom stereocenters. The van der Waals surface area contributed by atoms with E-state index in [9.17, 15) is 14.7 Å². The van der Waals surface area contributed by atoms with Crippen molar-refractivity contribution in [1.29, 1.82) is 0 Å². The number of methoxy groups -OCH3 is 3. The molecule has 10 heteroatoms. The summed E-state index contributed by atoms with van der Waals surface area (Å²) in [4.78, 5) is 33.1. The van der Waals surface area contributed by atoms with Crippen LogP contribution in [-0.2, 0) is 9.59 Å². The molecule has 0 saturated carbocycles. The summed E-state index contributed by atoms with van der Waals surface area (Å²) >= 11 is 1.24. The molecule has 39 heavy (non-hydrogen) atoms. The molecule has 1 fully saturated rings. The number of hydrogen-bond acceptors (Lipinski definition) is 9. The van der Waals surface area contributed by atoms with Gasteiger partial charge in [0.05, 0.1) is 43.7 Å². The van der Waals surface area contributed by atoms with Crippen LogP contribution in [0.25, 0.3) is 16.0 Å². The van der Waals surface area contributed by atoms with E-state index in [1.807, 2.05) is 13.0 Å². The van der Waals surface area contributed by atoms with Crippen molar-refractivity contribution in [3.63, 3.8) is 0 Å². The van der Waals surface area contributed by atoms with Gasteiger partial charge in [0.1, 0.15) is 34.8 Å². The molecule has 200 valence electrons. The van der Waals surface area contributed by atoms with E-state index in [1.54, 1.807) is 61.7 Å². The normalized spacial score (nSPS) is 16.5. The first-order chi connectivity index (χ1) is 18.9. The summed E-state index contributed by atoms with van der Waals surface area (Å²) in [6.07, 6.45) is 0. The van der Waals surface area contributed by atoms with Crippen LogP contribution in [0.15, 0.2) is 66.2 Å². The maximum absolute atomic E-state index is 13.6. The molecular weight excluding hydrogens is 520 g/mol. The average Bonchev–Trinajstić information content (AvgIpc) is 3.50. The third kappa shape index (κ3) is 4.63. The summed E-state index contributed by atoms with van der Waals surface area (Å²) in [6.45, 7) is 2.36. The minimum Gasteiger partial charge on any atom is -0.507 e. The highest BCUT2D eigenvalue weighted by Crippen LogP contribution is 2.47. The van der Waals surface area contributed by atoms with Gasteiger partial charge in [0.25, 0.3) is 5.78 Å². The topological polar surface area (TPSA) is 107 Å². The number of ether oxygens (including phenoxy) is 4. The number of carbonyl (C=O) groups is 2. The first-order valence-corrected chi connectivity index (χ1v) is 12.9. The van der Waals surface area contributed by atoms with E-state index in [-0.39, 0.29) is 11.3 Å². The number of amides is 1. The van der Waals surface area contributed by atoms with E-state index in [4.69, 9.17) is 18.9 Å². The van der Waals surface area contributed by atoms with Crippen molar-refractivity contribution in [3.8, 4) is 23.0 Å². The first kappa shape index (κ1) is 26.1. The lowest BCUT2D eigenvalue weighted by molar-refractivity contribution is -0.132. The second-order valence-corrected chi connectivity index (χ2v) is 9.57. The number of anilines is 1. The fraction of sp³-hybridized carbons (Fsp3) is 0.207. The summed E-state index contributed by atoms with van der Waals surface area (Å²) in [5.41, 5.74) is 1.37. The molecule has 0 aliphatic carbocycles. The van der Waals surface area contributed by atoms with Crippen molar-refractivity contribution in [2.45, 2.75) is 13.0 Å². The van der Waals surface area contributed by atoms with Gasteiger partial charge in [-0.15, -0.1) is 0 Å². The van der Waals surface area contributed by atoms with Gasteiger partial charge < -0.3 is 24.1 Å². The van der Waals surface area contributed by atoms with Gasteiger partial charge >= 0.3 is 5.91 Å². The van der Waals surface area contributed by atoms with Gasteiger partial charge in [-0.1, -0.05) is 11.3 Å². The summed E-state index contributed by atoms with van der Waals surface area (Å²) in [7, 11) is 4.58. The molecule has 1 aromatic heterocycles. The molecule has 0 radical (unpaired) electrons. The lowest BCUT2D eigenvalue weighted by Gasteiger charge is -2.25. The standard InChI is InChI=1S/C29H26N2O7S/c1-5-38-17-8-6-16(7-9-17)26(32)24-25(20-14-18(35-2)11-13-22(20)37-4)31(28(34)27(24)33)29-30-21-12-10-19(36-3)15-23(21)39-29/h6-15,25,32H,5H2,1-4H3/b26-24+. The molecule has 1 amide bonds. The molecule has 4 aromatic rings. The van der Waals surface area contributed by atoms with Crippen molar-refractivity contribution in [1.82, 2.24) is 4.98 Å². The average molecular weight is 547 g/mol. The zero-order chi connectivity index (χ0) is 27.7. The van der Waals surface area contributed by atoms with Crippen LogP contribution in [-0.4, -0.2) is 49.7 Å². The van der Waals surface area contributed by atoms with Crippen LogP contribution < -0.4 is 23.8 Å². The molecule has 1 aliphatic rings. The van der Waals surface area contributed by atoms with Crippen LogP contribution >= 0.6 is 11.3 Å². The monoisotopic (exact) mass is 546 g/mol. The Labute approximate surface area is 228 Å². The molecule has 0 spiro atoms. The Balaban J connectivity index is 1.73. The van der Waals surface area contributed by atoms with E-state index in [2.05, 4.69) is 4.98 Å². The van der Waals surface area contributed by atoms with Gasteiger partial charge in [-0.3, -0.25) is 14.5 Å². The highest BCUT2D eigenvalue weighted by Gasteiger charge is 2.49. The highest BCUT2D eigenvalue weighted by molar-refractivity contribution is 7.22. The fourth-order valence-electron chi connectivity index (χ4n) is 4.53. The van der Waals surface area contributed by atoms with E-state index in [0.717, 1.165) is 4.70 Å². The number of carbonyl (C=O) groups excluding carboxylic acids is 2. The van der Waals surface area contributed by atoms with Crippen LogP contribution in [0.2, 0.25) is 0 Å². The fourth-order valence-corrected chi connectivity index (χ4v) is 5.55. The lowest BCUT2D eigenvalue weighted by atomic mass is 9.94. The zero-order valence-electron chi connectivity index (χ0n) is 21.8. The Kier molecular flexibility index (Phi) is 7.12. The van der Waals surface area contributed by atoms with Gasteiger partial charge in [-0.05, 0) is 67.6 Å². The Hall–Kier alpha value is -4.57. The second-order valence-electron chi connectivity index (χ2n) is 8.56. The molecule has 1 atom stereocenters. The van der Waals surface area contributed by atoms with Gasteiger partial charge in [0.2, 0.25) is 0 Å². The van der Waals surface area contributed by atoms with E-state index in [0.29, 0.717) is 51.4 Å². The Morgan fingerprint density at radius 3 is 2.26 bits per heavy atom. The van der Waals surface area contributed by atoms with Crippen LogP contribution in [0.5, 0.6) is 23.0 Å². The number of ketones is 1. The third-order valence-corrected chi connectivity index (χ3v) is 7.42. The lowest BCUT2D eigenvalue weighted by Crippen LogP contribution is -2.29. The number of nitrogens with zero attached hydrogens (tertiary/aromatic N) is 2. The SMILES string of the molecule is CCOc1ccc(/C(O)=C2\C(=O)C(=O)N(c3nc4ccc(OC)cc4s3)C2c2cc(OC)ccc2OC)cc1. The molecule has 5 rings (SSSR count). The molecule has 0 bridgehead atoms. The zero-order valence-corrected chi connectivity index (χ0v) is 22.6. The number of benzene rings is 3. The summed E-state index contributed by atoms with van der Waals surface area (Å²) < 4.78 is 22.7. The van der Waals surface area contributed by atoms with Crippen molar-refractivity contribution >= 4 is 44.1 Å². The highest BCUT2D eigenvalue weighted by atomic mass is 32.1. The smallest absolute Gasteiger partial charge is 0.301 e. The summed E-state index contributed by atoms with van der Waals surface area (Å²) in [5.74, 6) is 0.180.